The van der Waals surface area contributed by atoms with Gasteiger partial charge in [0.1, 0.15) is 11.0 Å². The first-order valence-electron chi connectivity index (χ1n) is 6.61. The molecule has 0 atom stereocenters. The highest BCUT2D eigenvalue weighted by molar-refractivity contribution is 6.42. The molecule has 0 spiro atoms. The molecule has 1 aromatic rings. The molecule has 0 unspecified atom stereocenters. The molecule has 0 aliphatic heterocycles. The van der Waals surface area contributed by atoms with Crippen molar-refractivity contribution in [3.05, 3.63) is 21.3 Å². The van der Waals surface area contributed by atoms with Crippen molar-refractivity contribution < 1.29 is 0 Å². The van der Waals surface area contributed by atoms with Crippen molar-refractivity contribution in [2.24, 2.45) is 5.41 Å². The lowest BCUT2D eigenvalue weighted by atomic mass is 9.87. The second kappa shape index (κ2) is 7.56. The largest absolute Gasteiger partial charge is 0.368 e. The smallest absolute Gasteiger partial charge is 0.150 e. The molecular weight excluding hydrogens is 303 g/mol. The zero-order valence-corrected chi connectivity index (χ0v) is 14.0. The minimum Gasteiger partial charge on any atom is -0.368 e. The van der Waals surface area contributed by atoms with Crippen molar-refractivity contribution in [1.82, 2.24) is 4.98 Å². The van der Waals surface area contributed by atoms with E-state index < -0.39 is 0 Å². The summed E-state index contributed by atoms with van der Waals surface area (Å²) in [5.74, 6) is 0.597. The summed E-state index contributed by atoms with van der Waals surface area (Å²) in [5, 5.41) is 4.41. The number of aromatic nitrogens is 1. The minimum atomic E-state index is 0.201. The molecule has 1 aromatic heterocycles. The summed E-state index contributed by atoms with van der Waals surface area (Å²) in [6.45, 7) is 7.49. The van der Waals surface area contributed by atoms with Crippen LogP contribution in [0.15, 0.2) is 6.07 Å². The van der Waals surface area contributed by atoms with Crippen LogP contribution in [0.5, 0.6) is 0 Å². The quantitative estimate of drug-likeness (QED) is 0.487. The van der Waals surface area contributed by atoms with Crippen molar-refractivity contribution in [3.8, 4) is 0 Å². The summed E-state index contributed by atoms with van der Waals surface area (Å²) in [6, 6.07) is 1.62. The molecule has 0 fully saturated rings. The van der Waals surface area contributed by atoms with Crippen molar-refractivity contribution in [1.29, 1.82) is 0 Å². The molecule has 0 saturated carbocycles. The molecule has 2 nitrogen and oxygen atoms in total. The number of halogens is 3. The van der Waals surface area contributed by atoms with Crippen LogP contribution in [0.3, 0.4) is 0 Å². The van der Waals surface area contributed by atoms with Crippen LogP contribution < -0.4 is 5.32 Å². The Bertz CT molecular complexity index is 419. The molecule has 108 valence electrons. The molecule has 1 rings (SSSR count). The van der Waals surface area contributed by atoms with Crippen LogP contribution in [0, 0.1) is 5.41 Å². The highest BCUT2D eigenvalue weighted by atomic mass is 35.5. The molecule has 0 bridgehead atoms. The van der Waals surface area contributed by atoms with E-state index in [0.29, 0.717) is 15.9 Å². The number of rotatable bonds is 7. The number of anilines is 1. The molecule has 0 aliphatic rings. The van der Waals surface area contributed by atoms with Gasteiger partial charge < -0.3 is 5.32 Å². The number of unbranched alkanes of at least 4 members (excludes halogenated alkanes) is 2. The SMILES string of the molecule is CCCCCC(C)(C)CNc1nc(Cl)c(Cl)cc1Cl. The fourth-order valence-electron chi connectivity index (χ4n) is 1.83. The van der Waals surface area contributed by atoms with Crippen molar-refractivity contribution >= 4 is 40.6 Å². The second-order valence-electron chi connectivity index (χ2n) is 5.57. The van der Waals surface area contributed by atoms with E-state index in [2.05, 4.69) is 31.1 Å². The van der Waals surface area contributed by atoms with Crippen LogP contribution in [0.2, 0.25) is 15.2 Å². The topological polar surface area (TPSA) is 24.9 Å². The number of hydrogen-bond donors (Lipinski definition) is 1. The van der Waals surface area contributed by atoms with Crippen molar-refractivity contribution in [2.45, 2.75) is 46.5 Å². The second-order valence-corrected chi connectivity index (χ2v) is 6.74. The molecule has 0 radical (unpaired) electrons. The van der Waals surface area contributed by atoms with Gasteiger partial charge in [0.25, 0.3) is 0 Å². The summed E-state index contributed by atoms with van der Waals surface area (Å²) >= 11 is 17.8. The monoisotopic (exact) mass is 322 g/mol. The Morgan fingerprint density at radius 3 is 2.47 bits per heavy atom. The van der Waals surface area contributed by atoms with Crippen molar-refractivity contribution in [2.75, 3.05) is 11.9 Å². The normalized spacial score (nSPS) is 11.7. The fraction of sp³-hybridized carbons (Fsp3) is 0.643. The summed E-state index contributed by atoms with van der Waals surface area (Å²) < 4.78 is 0. The summed E-state index contributed by atoms with van der Waals surface area (Å²) in [7, 11) is 0. The minimum absolute atomic E-state index is 0.201. The number of nitrogens with one attached hydrogen (secondary N) is 1. The Balaban J connectivity index is 2.58. The average molecular weight is 324 g/mol. The molecule has 1 heterocycles. The third kappa shape index (κ3) is 5.76. The molecule has 0 amide bonds. The fourth-order valence-corrected chi connectivity index (χ4v) is 2.40. The highest BCUT2D eigenvalue weighted by Crippen LogP contribution is 2.30. The Labute approximate surface area is 130 Å². The number of nitrogens with zero attached hydrogens (tertiary/aromatic N) is 1. The zero-order valence-electron chi connectivity index (χ0n) is 11.7. The summed E-state index contributed by atoms with van der Waals surface area (Å²) in [6.07, 6.45) is 4.93. The average Bonchev–Trinajstić information content (AvgIpc) is 2.32. The van der Waals surface area contributed by atoms with E-state index in [-0.39, 0.29) is 10.6 Å². The van der Waals surface area contributed by atoms with E-state index in [9.17, 15) is 0 Å². The number of hydrogen-bond acceptors (Lipinski definition) is 2. The van der Waals surface area contributed by atoms with E-state index in [1.165, 1.54) is 25.7 Å². The molecule has 5 heteroatoms. The van der Waals surface area contributed by atoms with E-state index in [4.69, 9.17) is 34.8 Å². The van der Waals surface area contributed by atoms with Crippen LogP contribution >= 0.6 is 34.8 Å². The lowest BCUT2D eigenvalue weighted by molar-refractivity contribution is 0.342. The van der Waals surface area contributed by atoms with Crippen LogP contribution in [0.25, 0.3) is 0 Å². The Kier molecular flexibility index (Phi) is 6.72. The third-order valence-electron chi connectivity index (χ3n) is 3.08. The van der Waals surface area contributed by atoms with Gasteiger partial charge in [-0.1, -0.05) is 74.8 Å². The van der Waals surface area contributed by atoms with Crippen LogP contribution in [0.1, 0.15) is 46.5 Å². The van der Waals surface area contributed by atoms with Crippen LogP contribution in [-0.2, 0) is 0 Å². The van der Waals surface area contributed by atoms with Crippen molar-refractivity contribution in [3.63, 3.8) is 0 Å². The Morgan fingerprint density at radius 2 is 1.84 bits per heavy atom. The maximum Gasteiger partial charge on any atom is 0.150 e. The third-order valence-corrected chi connectivity index (χ3v) is 4.04. The van der Waals surface area contributed by atoms with E-state index in [1.807, 2.05) is 0 Å². The zero-order chi connectivity index (χ0) is 14.5. The molecule has 1 N–H and O–H groups in total. The Hall–Kier alpha value is -0.180. The van der Waals surface area contributed by atoms with Gasteiger partial charge in [-0.15, -0.1) is 0 Å². The van der Waals surface area contributed by atoms with E-state index >= 15 is 0 Å². The van der Waals surface area contributed by atoms with Gasteiger partial charge >= 0.3 is 0 Å². The first kappa shape index (κ1) is 16.9. The lowest BCUT2D eigenvalue weighted by Crippen LogP contribution is -2.23. The molecule has 19 heavy (non-hydrogen) atoms. The molecular formula is C14H21Cl3N2. The Morgan fingerprint density at radius 1 is 1.16 bits per heavy atom. The van der Waals surface area contributed by atoms with Gasteiger partial charge in [0, 0.05) is 6.54 Å². The maximum atomic E-state index is 6.09. The number of pyridine rings is 1. The molecule has 0 aliphatic carbocycles. The first-order valence-corrected chi connectivity index (χ1v) is 7.74. The van der Waals surface area contributed by atoms with Crippen LogP contribution in [-0.4, -0.2) is 11.5 Å². The van der Waals surface area contributed by atoms with Gasteiger partial charge in [-0.05, 0) is 17.9 Å². The standard InChI is InChI=1S/C14H21Cl3N2/c1-4-5-6-7-14(2,3)9-18-13-11(16)8-10(15)12(17)19-13/h8H,4-7,9H2,1-3H3,(H,18,19). The highest BCUT2D eigenvalue weighted by Gasteiger charge is 2.18. The predicted molar refractivity (Wildman–Crippen MR) is 85.7 cm³/mol. The van der Waals surface area contributed by atoms with Gasteiger partial charge in [0.2, 0.25) is 0 Å². The predicted octanol–water partition coefficient (Wildman–Crippen LogP) is 6.06. The van der Waals surface area contributed by atoms with Crippen LogP contribution in [0.4, 0.5) is 5.82 Å². The molecule has 0 aromatic carbocycles. The van der Waals surface area contributed by atoms with Gasteiger partial charge in [0.15, 0.2) is 0 Å². The summed E-state index contributed by atoms with van der Waals surface area (Å²) in [4.78, 5) is 4.16. The lowest BCUT2D eigenvalue weighted by Gasteiger charge is -2.25. The van der Waals surface area contributed by atoms with Gasteiger partial charge in [0.05, 0.1) is 10.0 Å². The van der Waals surface area contributed by atoms with Gasteiger partial charge in [-0.2, -0.15) is 0 Å². The first-order chi connectivity index (χ1) is 8.85. The van der Waals surface area contributed by atoms with E-state index in [1.54, 1.807) is 6.07 Å². The summed E-state index contributed by atoms with van der Waals surface area (Å²) in [5.41, 5.74) is 0.201. The van der Waals surface area contributed by atoms with Gasteiger partial charge in [-0.25, -0.2) is 4.98 Å². The van der Waals surface area contributed by atoms with E-state index in [0.717, 1.165) is 6.54 Å². The molecule has 0 saturated heterocycles. The van der Waals surface area contributed by atoms with Gasteiger partial charge in [-0.3, -0.25) is 0 Å². The maximum absolute atomic E-state index is 6.09.